The Morgan fingerprint density at radius 1 is 1.23 bits per heavy atom. The molecular weight excluding hydrogens is 360 g/mol. The van der Waals surface area contributed by atoms with Gasteiger partial charge in [0, 0.05) is 17.8 Å². The third-order valence-corrected chi connectivity index (χ3v) is 4.67. The van der Waals surface area contributed by atoms with E-state index in [2.05, 4.69) is 4.40 Å². The van der Waals surface area contributed by atoms with Crippen molar-refractivity contribution in [3.05, 3.63) is 57.6 Å². The molecule has 0 atom stereocenters. The van der Waals surface area contributed by atoms with E-state index in [0.717, 1.165) is 11.8 Å². The van der Waals surface area contributed by atoms with E-state index in [0.29, 0.717) is 0 Å². The molecule has 0 aliphatic carbocycles. The van der Waals surface area contributed by atoms with Gasteiger partial charge < -0.3 is 9.47 Å². The van der Waals surface area contributed by atoms with Gasteiger partial charge in [0.2, 0.25) is 5.75 Å². The third-order valence-electron chi connectivity index (χ3n) is 3.42. The molecule has 0 heterocycles. The van der Waals surface area contributed by atoms with Gasteiger partial charge in [0.25, 0.3) is 10.0 Å². The molecular formula is C17H18N2O6S. The SMILES string of the molecule is CCOc1c(OC)cc(/C=N\S(=O)(=O)c2ccc(C)cc2)cc1[N+](=O)[O-]. The molecule has 2 rings (SSSR count). The summed E-state index contributed by atoms with van der Waals surface area (Å²) < 4.78 is 38.5. The van der Waals surface area contributed by atoms with E-state index in [1.54, 1.807) is 19.1 Å². The molecule has 138 valence electrons. The van der Waals surface area contributed by atoms with E-state index in [9.17, 15) is 18.5 Å². The number of hydrogen-bond acceptors (Lipinski definition) is 6. The fourth-order valence-electron chi connectivity index (χ4n) is 2.16. The first-order chi connectivity index (χ1) is 12.3. The lowest BCUT2D eigenvalue weighted by atomic mass is 10.2. The topological polar surface area (TPSA) is 108 Å². The molecule has 26 heavy (non-hydrogen) atoms. The van der Waals surface area contributed by atoms with Gasteiger partial charge in [-0.2, -0.15) is 12.8 Å². The number of nitro groups is 1. The van der Waals surface area contributed by atoms with Crippen LogP contribution in [0.4, 0.5) is 5.69 Å². The molecule has 0 unspecified atom stereocenters. The van der Waals surface area contributed by atoms with Crippen molar-refractivity contribution in [1.82, 2.24) is 0 Å². The lowest BCUT2D eigenvalue weighted by molar-refractivity contribution is -0.385. The Morgan fingerprint density at radius 3 is 2.42 bits per heavy atom. The smallest absolute Gasteiger partial charge is 0.315 e. The molecule has 0 fully saturated rings. The quantitative estimate of drug-likeness (QED) is 0.416. The second-order valence-corrected chi connectivity index (χ2v) is 6.92. The van der Waals surface area contributed by atoms with Gasteiger partial charge in [-0.05, 0) is 32.0 Å². The first kappa shape index (κ1) is 19.4. The van der Waals surface area contributed by atoms with Gasteiger partial charge in [-0.15, -0.1) is 0 Å². The highest BCUT2D eigenvalue weighted by Crippen LogP contribution is 2.38. The Morgan fingerprint density at radius 2 is 1.88 bits per heavy atom. The summed E-state index contributed by atoms with van der Waals surface area (Å²) in [6.45, 7) is 3.74. The van der Waals surface area contributed by atoms with Gasteiger partial charge >= 0.3 is 5.69 Å². The molecule has 0 N–H and O–H groups in total. The number of nitro benzene ring substituents is 1. The van der Waals surface area contributed by atoms with E-state index in [1.807, 2.05) is 6.92 Å². The number of benzene rings is 2. The molecule has 0 bridgehead atoms. The fourth-order valence-corrected chi connectivity index (χ4v) is 3.02. The van der Waals surface area contributed by atoms with Crippen LogP contribution in [0, 0.1) is 17.0 Å². The average Bonchev–Trinajstić information content (AvgIpc) is 2.61. The van der Waals surface area contributed by atoms with Crippen LogP contribution in [-0.2, 0) is 10.0 Å². The number of rotatable bonds is 7. The summed E-state index contributed by atoms with van der Waals surface area (Å²) >= 11 is 0. The Balaban J connectivity index is 2.45. The number of nitrogens with zero attached hydrogens (tertiary/aromatic N) is 2. The first-order valence-electron chi connectivity index (χ1n) is 7.64. The van der Waals surface area contributed by atoms with Crippen LogP contribution in [0.5, 0.6) is 11.5 Å². The lowest BCUT2D eigenvalue weighted by Gasteiger charge is -2.10. The van der Waals surface area contributed by atoms with Gasteiger partial charge in [0.15, 0.2) is 5.75 Å². The normalized spacial score (nSPS) is 11.5. The highest BCUT2D eigenvalue weighted by Gasteiger charge is 2.22. The first-order valence-corrected chi connectivity index (χ1v) is 9.08. The van der Waals surface area contributed by atoms with E-state index < -0.39 is 14.9 Å². The standard InChI is InChI=1S/C17H18N2O6S/c1-4-25-17-15(19(20)21)9-13(10-16(17)24-3)11-18-26(22,23)14-7-5-12(2)6-8-14/h5-11H,4H2,1-3H3/b18-11-. The largest absolute Gasteiger partial charge is 0.493 e. The van der Waals surface area contributed by atoms with E-state index in [4.69, 9.17) is 9.47 Å². The van der Waals surface area contributed by atoms with Crippen LogP contribution in [0.15, 0.2) is 45.7 Å². The summed E-state index contributed by atoms with van der Waals surface area (Å²) in [7, 11) is -2.58. The Hall–Kier alpha value is -2.94. The Kier molecular flexibility index (Phi) is 5.93. The highest BCUT2D eigenvalue weighted by atomic mass is 32.2. The lowest BCUT2D eigenvalue weighted by Crippen LogP contribution is -2.02. The molecule has 9 heteroatoms. The zero-order valence-electron chi connectivity index (χ0n) is 14.5. The predicted octanol–water partition coefficient (Wildman–Crippen LogP) is 3.12. The molecule has 0 spiro atoms. The Labute approximate surface area is 151 Å². The monoisotopic (exact) mass is 378 g/mol. The molecule has 0 saturated carbocycles. The van der Waals surface area contributed by atoms with Gasteiger partial charge in [-0.1, -0.05) is 17.7 Å². The van der Waals surface area contributed by atoms with Crippen LogP contribution in [-0.4, -0.2) is 33.3 Å². The second kappa shape index (κ2) is 7.96. The van der Waals surface area contributed by atoms with Crippen LogP contribution in [0.2, 0.25) is 0 Å². The number of aryl methyl sites for hydroxylation is 1. The molecule has 0 aliphatic heterocycles. The van der Waals surface area contributed by atoms with Crippen LogP contribution in [0.25, 0.3) is 0 Å². The summed E-state index contributed by atoms with van der Waals surface area (Å²) in [4.78, 5) is 10.7. The van der Waals surface area contributed by atoms with Crippen molar-refractivity contribution in [2.75, 3.05) is 13.7 Å². The third kappa shape index (κ3) is 4.37. The zero-order valence-corrected chi connectivity index (χ0v) is 15.3. The summed E-state index contributed by atoms with van der Waals surface area (Å²) in [5.74, 6) is 0.105. The maximum absolute atomic E-state index is 12.3. The number of methoxy groups -OCH3 is 1. The van der Waals surface area contributed by atoms with Crippen LogP contribution >= 0.6 is 0 Å². The van der Waals surface area contributed by atoms with Crippen molar-refractivity contribution in [1.29, 1.82) is 0 Å². The van der Waals surface area contributed by atoms with Crippen LogP contribution in [0.1, 0.15) is 18.1 Å². The van der Waals surface area contributed by atoms with Gasteiger partial charge in [-0.25, -0.2) is 0 Å². The van der Waals surface area contributed by atoms with Gasteiger partial charge in [0.1, 0.15) is 0 Å². The Bertz CT molecular complexity index is 936. The summed E-state index contributed by atoms with van der Waals surface area (Å²) in [6, 6.07) is 8.82. The molecule has 0 radical (unpaired) electrons. The number of ether oxygens (including phenoxy) is 2. The van der Waals surface area contributed by atoms with Crippen molar-refractivity contribution in [2.24, 2.45) is 4.40 Å². The predicted molar refractivity (Wildman–Crippen MR) is 96.8 cm³/mol. The molecule has 2 aromatic rings. The summed E-state index contributed by atoms with van der Waals surface area (Å²) in [6.07, 6.45) is 1.04. The minimum atomic E-state index is -3.92. The maximum Gasteiger partial charge on any atom is 0.315 e. The second-order valence-electron chi connectivity index (χ2n) is 5.28. The van der Waals surface area contributed by atoms with Crippen LogP contribution < -0.4 is 9.47 Å². The molecule has 8 nitrogen and oxygen atoms in total. The van der Waals surface area contributed by atoms with E-state index in [-0.39, 0.29) is 34.3 Å². The fraction of sp³-hybridized carbons (Fsp3) is 0.235. The molecule has 0 aromatic heterocycles. The number of sulfonamides is 1. The minimum Gasteiger partial charge on any atom is -0.493 e. The zero-order chi connectivity index (χ0) is 19.3. The molecule has 0 aliphatic rings. The van der Waals surface area contributed by atoms with Crippen molar-refractivity contribution in [2.45, 2.75) is 18.7 Å². The van der Waals surface area contributed by atoms with Crippen molar-refractivity contribution in [3.63, 3.8) is 0 Å². The van der Waals surface area contributed by atoms with Gasteiger partial charge in [-0.3, -0.25) is 10.1 Å². The molecule has 0 saturated heterocycles. The van der Waals surface area contributed by atoms with Crippen molar-refractivity contribution < 1.29 is 22.8 Å². The molecule has 2 aromatic carbocycles. The van der Waals surface area contributed by atoms with Crippen molar-refractivity contribution in [3.8, 4) is 11.5 Å². The van der Waals surface area contributed by atoms with E-state index in [1.165, 1.54) is 31.4 Å². The average molecular weight is 378 g/mol. The maximum atomic E-state index is 12.3. The minimum absolute atomic E-state index is 0.0152. The highest BCUT2D eigenvalue weighted by molar-refractivity contribution is 7.90. The van der Waals surface area contributed by atoms with E-state index >= 15 is 0 Å². The number of hydrogen-bond donors (Lipinski definition) is 0. The summed E-state index contributed by atoms with van der Waals surface area (Å²) in [5, 5.41) is 11.3. The van der Waals surface area contributed by atoms with Gasteiger partial charge in [0.05, 0.1) is 23.5 Å². The van der Waals surface area contributed by atoms with Crippen molar-refractivity contribution >= 4 is 21.9 Å². The van der Waals surface area contributed by atoms with Crippen LogP contribution in [0.3, 0.4) is 0 Å². The summed E-state index contributed by atoms with van der Waals surface area (Å²) in [5.41, 5.74) is 0.785. The molecule has 0 amide bonds.